The summed E-state index contributed by atoms with van der Waals surface area (Å²) >= 11 is 0. The second-order valence-electron chi connectivity index (χ2n) is 8.00. The number of aryl methyl sites for hydroxylation is 1. The summed E-state index contributed by atoms with van der Waals surface area (Å²) in [7, 11) is 1.71. The number of aromatic nitrogens is 1. The Hall–Kier alpha value is -2.79. The molecule has 0 unspecified atom stereocenters. The number of nitrogens with one attached hydrogen (secondary N) is 1. The predicted octanol–water partition coefficient (Wildman–Crippen LogP) is 3.76. The summed E-state index contributed by atoms with van der Waals surface area (Å²) in [6.07, 6.45) is 2.37. The largest absolute Gasteiger partial charge is 0.497 e. The van der Waals surface area contributed by atoms with Crippen molar-refractivity contribution in [2.24, 2.45) is 0 Å². The summed E-state index contributed by atoms with van der Waals surface area (Å²) < 4.78 is 7.88. The molecule has 2 aromatic carbocycles. The van der Waals surface area contributed by atoms with Crippen LogP contribution in [0.3, 0.4) is 0 Å². The summed E-state index contributed by atoms with van der Waals surface area (Å²) in [6, 6.07) is 16.9. The smallest absolute Gasteiger partial charge is 0.222 e. The summed E-state index contributed by atoms with van der Waals surface area (Å²) in [6.45, 7) is 6.49. The molecule has 0 aliphatic carbocycles. The fraction of sp³-hybridized carbons (Fsp3) is 0.400. The first-order valence-electron chi connectivity index (χ1n) is 10.9. The molecule has 158 valence electrons. The van der Waals surface area contributed by atoms with Gasteiger partial charge in [-0.1, -0.05) is 30.3 Å². The number of nitrogens with zero attached hydrogens (tertiary/aromatic N) is 2. The minimum atomic E-state index is 0.278. The minimum absolute atomic E-state index is 0.278. The molecule has 2 heterocycles. The van der Waals surface area contributed by atoms with E-state index in [9.17, 15) is 4.79 Å². The van der Waals surface area contributed by atoms with Crippen molar-refractivity contribution in [3.05, 3.63) is 65.4 Å². The van der Waals surface area contributed by atoms with E-state index in [0.29, 0.717) is 6.42 Å². The lowest BCUT2D eigenvalue weighted by Crippen LogP contribution is -2.46. The highest BCUT2D eigenvalue weighted by Gasteiger charge is 2.18. The summed E-state index contributed by atoms with van der Waals surface area (Å²) in [4.78, 5) is 14.5. The van der Waals surface area contributed by atoms with Crippen LogP contribution in [0.15, 0.2) is 48.5 Å². The highest BCUT2D eigenvalue weighted by atomic mass is 16.5. The van der Waals surface area contributed by atoms with Gasteiger partial charge in [-0.15, -0.1) is 0 Å². The molecule has 4 rings (SSSR count). The second kappa shape index (κ2) is 9.35. The van der Waals surface area contributed by atoms with Crippen LogP contribution in [0.2, 0.25) is 0 Å². The number of methoxy groups -OCH3 is 1. The molecule has 1 N–H and O–H groups in total. The van der Waals surface area contributed by atoms with Gasteiger partial charge < -0.3 is 19.5 Å². The number of fused-ring (bicyclic) bond motifs is 1. The molecule has 0 saturated carbocycles. The molecule has 5 nitrogen and oxygen atoms in total. The van der Waals surface area contributed by atoms with Gasteiger partial charge in [0.25, 0.3) is 0 Å². The van der Waals surface area contributed by atoms with Crippen LogP contribution in [-0.2, 0) is 17.8 Å². The van der Waals surface area contributed by atoms with Gasteiger partial charge in [0.1, 0.15) is 5.75 Å². The van der Waals surface area contributed by atoms with E-state index in [1.807, 2.05) is 11.0 Å². The van der Waals surface area contributed by atoms with E-state index in [1.54, 1.807) is 7.11 Å². The summed E-state index contributed by atoms with van der Waals surface area (Å²) in [5.74, 6) is 1.15. The molecule has 3 aromatic rings. The number of benzene rings is 2. The van der Waals surface area contributed by atoms with E-state index in [4.69, 9.17) is 4.74 Å². The van der Waals surface area contributed by atoms with Gasteiger partial charge >= 0.3 is 0 Å². The monoisotopic (exact) mass is 405 g/mol. The number of piperazine rings is 1. The lowest BCUT2D eigenvalue weighted by molar-refractivity contribution is -0.131. The third-order valence-corrected chi connectivity index (χ3v) is 6.13. The molecule has 30 heavy (non-hydrogen) atoms. The molecular formula is C25H31N3O2. The fourth-order valence-electron chi connectivity index (χ4n) is 4.43. The molecule has 0 bridgehead atoms. The van der Waals surface area contributed by atoms with Crippen LogP contribution >= 0.6 is 0 Å². The van der Waals surface area contributed by atoms with E-state index >= 15 is 0 Å². The van der Waals surface area contributed by atoms with Crippen molar-refractivity contribution in [2.75, 3.05) is 33.3 Å². The molecule has 1 aliphatic rings. The van der Waals surface area contributed by atoms with E-state index in [2.05, 4.69) is 59.3 Å². The van der Waals surface area contributed by atoms with Crippen LogP contribution < -0.4 is 10.1 Å². The normalized spacial score (nSPS) is 14.3. The summed E-state index contributed by atoms with van der Waals surface area (Å²) in [5, 5.41) is 4.54. The van der Waals surface area contributed by atoms with Crippen molar-refractivity contribution >= 4 is 16.8 Å². The zero-order valence-electron chi connectivity index (χ0n) is 18.0. The molecule has 1 amide bonds. The molecular weight excluding hydrogens is 374 g/mol. The van der Waals surface area contributed by atoms with Gasteiger partial charge in [0.05, 0.1) is 7.11 Å². The van der Waals surface area contributed by atoms with Crippen molar-refractivity contribution in [2.45, 2.75) is 32.7 Å². The van der Waals surface area contributed by atoms with Gasteiger partial charge in [0.2, 0.25) is 5.91 Å². The Kier molecular flexibility index (Phi) is 6.38. The van der Waals surface area contributed by atoms with Crippen LogP contribution in [-0.4, -0.2) is 48.7 Å². The maximum Gasteiger partial charge on any atom is 0.222 e. The lowest BCUT2D eigenvalue weighted by atomic mass is 10.0. The van der Waals surface area contributed by atoms with Crippen molar-refractivity contribution in [3.63, 3.8) is 0 Å². The molecule has 1 fully saturated rings. The van der Waals surface area contributed by atoms with Gasteiger partial charge in [0, 0.05) is 55.7 Å². The quantitative estimate of drug-likeness (QED) is 0.651. The van der Waals surface area contributed by atoms with Gasteiger partial charge in [-0.25, -0.2) is 0 Å². The van der Waals surface area contributed by atoms with Crippen LogP contribution in [0.5, 0.6) is 5.75 Å². The van der Waals surface area contributed by atoms with Crippen LogP contribution in [0, 0.1) is 6.92 Å². The van der Waals surface area contributed by atoms with Crippen molar-refractivity contribution in [1.29, 1.82) is 0 Å². The van der Waals surface area contributed by atoms with Crippen molar-refractivity contribution < 1.29 is 9.53 Å². The maximum absolute atomic E-state index is 12.6. The molecule has 1 aliphatic heterocycles. The third kappa shape index (κ3) is 4.36. The summed E-state index contributed by atoms with van der Waals surface area (Å²) in [5.41, 5.74) is 5.11. The Bertz CT molecular complexity index is 1000. The van der Waals surface area contributed by atoms with Gasteiger partial charge in [0.15, 0.2) is 0 Å². The van der Waals surface area contributed by atoms with Gasteiger partial charge in [-0.2, -0.15) is 0 Å². The lowest BCUT2D eigenvalue weighted by Gasteiger charge is -2.27. The Morgan fingerprint density at radius 2 is 1.87 bits per heavy atom. The predicted molar refractivity (Wildman–Crippen MR) is 121 cm³/mol. The van der Waals surface area contributed by atoms with Gasteiger partial charge in [-0.3, -0.25) is 4.79 Å². The first kappa shape index (κ1) is 20.5. The Morgan fingerprint density at radius 3 is 2.60 bits per heavy atom. The van der Waals surface area contributed by atoms with E-state index < -0.39 is 0 Å². The third-order valence-electron chi connectivity index (χ3n) is 6.13. The zero-order chi connectivity index (χ0) is 20.9. The highest BCUT2D eigenvalue weighted by Crippen LogP contribution is 2.31. The van der Waals surface area contributed by atoms with Crippen LogP contribution in [0.1, 0.15) is 29.7 Å². The first-order chi connectivity index (χ1) is 14.7. The van der Waals surface area contributed by atoms with Crippen LogP contribution in [0.4, 0.5) is 0 Å². The van der Waals surface area contributed by atoms with E-state index in [0.717, 1.165) is 51.3 Å². The number of rotatable bonds is 7. The number of hydrogen-bond acceptors (Lipinski definition) is 3. The fourth-order valence-corrected chi connectivity index (χ4v) is 4.43. The Morgan fingerprint density at radius 1 is 1.10 bits per heavy atom. The molecule has 0 radical (unpaired) electrons. The zero-order valence-corrected chi connectivity index (χ0v) is 18.0. The molecule has 0 spiro atoms. The topological polar surface area (TPSA) is 46.5 Å². The number of carbonyl (C=O) groups is 1. The number of amides is 1. The average molecular weight is 406 g/mol. The number of hydrogen-bond donors (Lipinski definition) is 1. The second-order valence-corrected chi connectivity index (χ2v) is 8.00. The molecule has 1 saturated heterocycles. The number of carbonyl (C=O) groups excluding carboxylic acids is 1. The maximum atomic E-state index is 12.6. The molecule has 1 aromatic heterocycles. The van der Waals surface area contributed by atoms with E-state index in [1.165, 1.54) is 27.7 Å². The number of ether oxygens (including phenoxy) is 1. The minimum Gasteiger partial charge on any atom is -0.497 e. The Labute approximate surface area is 178 Å². The Balaban J connectivity index is 1.56. The standard InChI is InChI=1S/C25H31N3O2/c1-19-22(9-6-10-25(29)27-15-13-26-14-16-27)23-17-21(30-2)11-12-24(23)28(19)18-20-7-4-3-5-8-20/h3-5,7-8,11-12,17,26H,6,9-10,13-16,18H2,1-2H3. The molecule has 5 heteroatoms. The molecule has 0 atom stereocenters. The average Bonchev–Trinajstić information content (AvgIpc) is 3.05. The highest BCUT2D eigenvalue weighted by molar-refractivity contribution is 5.87. The SMILES string of the molecule is COc1ccc2c(c1)c(CCCC(=O)N1CCNCC1)c(C)n2Cc1ccccc1. The van der Waals surface area contributed by atoms with Crippen molar-refractivity contribution in [1.82, 2.24) is 14.8 Å². The first-order valence-corrected chi connectivity index (χ1v) is 10.9. The van der Waals surface area contributed by atoms with E-state index in [-0.39, 0.29) is 5.91 Å². The van der Waals surface area contributed by atoms with Crippen LogP contribution in [0.25, 0.3) is 10.9 Å². The van der Waals surface area contributed by atoms with Gasteiger partial charge in [-0.05, 0) is 49.1 Å². The van der Waals surface area contributed by atoms with Crippen molar-refractivity contribution in [3.8, 4) is 5.75 Å².